The Kier molecular flexibility index (Phi) is 8.48. The number of hydrogen-bond acceptors (Lipinski definition) is 7. The number of thioether (sulfide) groups is 1. The fraction of sp³-hybridized carbons (Fsp3) is 0.375. The Morgan fingerprint density at radius 3 is 2.52 bits per heavy atom. The summed E-state index contributed by atoms with van der Waals surface area (Å²) in [6, 6.07) is 4.86. The minimum absolute atomic E-state index is 0.0208. The van der Waals surface area contributed by atoms with E-state index >= 15 is 0 Å². The first-order valence-electron chi connectivity index (χ1n) is 7.45. The number of para-hydroxylation sites is 1. The van der Waals surface area contributed by atoms with E-state index in [1.807, 2.05) is 6.92 Å². The molecule has 0 heterocycles. The summed E-state index contributed by atoms with van der Waals surface area (Å²) < 4.78 is 10.1. The van der Waals surface area contributed by atoms with E-state index in [0.29, 0.717) is 18.2 Å². The van der Waals surface area contributed by atoms with Crippen molar-refractivity contribution in [2.24, 2.45) is 0 Å². The summed E-state index contributed by atoms with van der Waals surface area (Å²) in [6.45, 7) is 3.27. The third kappa shape index (κ3) is 7.25. The van der Waals surface area contributed by atoms with Crippen molar-refractivity contribution < 1.29 is 33.8 Å². The first kappa shape index (κ1) is 20.5. The number of carboxylic acids is 1. The molecule has 8 nitrogen and oxygen atoms in total. The number of esters is 1. The van der Waals surface area contributed by atoms with E-state index < -0.39 is 29.2 Å². The fourth-order valence-electron chi connectivity index (χ4n) is 1.69. The molecular formula is C16H19NO7S. The highest BCUT2D eigenvalue weighted by Crippen LogP contribution is 2.22. The van der Waals surface area contributed by atoms with Crippen LogP contribution in [0.3, 0.4) is 0 Å². The zero-order valence-corrected chi connectivity index (χ0v) is 14.6. The van der Waals surface area contributed by atoms with E-state index in [-0.39, 0.29) is 23.7 Å². The van der Waals surface area contributed by atoms with Crippen LogP contribution >= 0.6 is 11.8 Å². The summed E-state index contributed by atoms with van der Waals surface area (Å²) in [7, 11) is 0. The lowest BCUT2D eigenvalue weighted by atomic mass is 10.2. The predicted octanol–water partition coefficient (Wildman–Crippen LogP) is 2.07. The molecule has 1 rings (SSSR count). The van der Waals surface area contributed by atoms with Gasteiger partial charge in [0.25, 0.3) is 0 Å². The molecule has 0 aliphatic rings. The van der Waals surface area contributed by atoms with Crippen molar-refractivity contribution in [2.45, 2.75) is 26.3 Å². The van der Waals surface area contributed by atoms with Crippen LogP contribution < -0.4 is 10.1 Å². The Morgan fingerprint density at radius 2 is 1.92 bits per heavy atom. The third-order valence-corrected chi connectivity index (χ3v) is 3.60. The fourth-order valence-corrected chi connectivity index (χ4v) is 2.36. The van der Waals surface area contributed by atoms with Gasteiger partial charge in [-0.25, -0.2) is 14.4 Å². The molecule has 1 aromatic rings. The standard InChI is InChI=1S/C16H19NO7S/c1-3-8-23-15(21)11-6-4-5-7-13(11)24-16(22)25-9-12(14(19)20)17-10(2)18/h4-7,12H,3,8-9H2,1-2H3,(H,17,18)(H,19,20)/t12-/m0/s1. The molecule has 9 heteroatoms. The molecule has 25 heavy (non-hydrogen) atoms. The smallest absolute Gasteiger partial charge is 0.372 e. The number of rotatable bonds is 8. The monoisotopic (exact) mass is 369 g/mol. The van der Waals surface area contributed by atoms with Crippen LogP contribution in [0.15, 0.2) is 24.3 Å². The highest BCUT2D eigenvalue weighted by atomic mass is 32.2. The van der Waals surface area contributed by atoms with Crippen molar-refractivity contribution in [3.05, 3.63) is 29.8 Å². The lowest BCUT2D eigenvalue weighted by molar-refractivity contribution is -0.140. The Balaban J connectivity index is 2.69. The zero-order chi connectivity index (χ0) is 18.8. The van der Waals surface area contributed by atoms with Gasteiger partial charge in [0, 0.05) is 12.7 Å². The summed E-state index contributed by atoms with van der Waals surface area (Å²) >= 11 is 0.579. The molecule has 0 bridgehead atoms. The van der Waals surface area contributed by atoms with Gasteiger partial charge >= 0.3 is 17.2 Å². The zero-order valence-electron chi connectivity index (χ0n) is 13.8. The van der Waals surface area contributed by atoms with E-state index in [2.05, 4.69) is 5.32 Å². The molecule has 0 aliphatic carbocycles. The normalized spacial score (nSPS) is 11.3. The Bertz CT molecular complexity index is 647. The molecule has 1 amide bonds. The summed E-state index contributed by atoms with van der Waals surface area (Å²) in [4.78, 5) is 45.8. The number of carbonyl (C=O) groups excluding carboxylic acids is 3. The lowest BCUT2D eigenvalue weighted by Gasteiger charge is -2.13. The van der Waals surface area contributed by atoms with Crippen LogP contribution in [-0.2, 0) is 14.3 Å². The van der Waals surface area contributed by atoms with Gasteiger partial charge in [0.2, 0.25) is 5.91 Å². The van der Waals surface area contributed by atoms with Crippen molar-refractivity contribution in [1.82, 2.24) is 5.32 Å². The Labute approximate surface area is 148 Å². The number of carbonyl (C=O) groups is 4. The molecule has 0 saturated heterocycles. The van der Waals surface area contributed by atoms with E-state index in [0.717, 1.165) is 0 Å². The Hall–Kier alpha value is -2.55. The second-order valence-corrected chi connectivity index (χ2v) is 5.84. The van der Waals surface area contributed by atoms with Gasteiger partial charge in [-0.3, -0.25) is 4.79 Å². The van der Waals surface area contributed by atoms with Crippen molar-refractivity contribution >= 4 is 34.9 Å². The number of ether oxygens (including phenoxy) is 2. The molecule has 0 radical (unpaired) electrons. The number of benzene rings is 1. The molecule has 0 aromatic heterocycles. The maximum atomic E-state index is 11.9. The van der Waals surface area contributed by atoms with Crippen LogP contribution in [0.4, 0.5) is 4.79 Å². The number of hydrogen-bond donors (Lipinski definition) is 2. The number of aliphatic carboxylic acids is 1. The van der Waals surface area contributed by atoms with Gasteiger partial charge in [-0.2, -0.15) is 0 Å². The maximum absolute atomic E-state index is 11.9. The molecule has 136 valence electrons. The van der Waals surface area contributed by atoms with Crippen LogP contribution in [0.5, 0.6) is 5.75 Å². The van der Waals surface area contributed by atoms with Crippen LogP contribution in [0.2, 0.25) is 0 Å². The molecule has 2 N–H and O–H groups in total. The van der Waals surface area contributed by atoms with Gasteiger partial charge in [-0.15, -0.1) is 0 Å². The molecular weight excluding hydrogens is 350 g/mol. The highest BCUT2D eigenvalue weighted by Gasteiger charge is 2.22. The summed E-state index contributed by atoms with van der Waals surface area (Å²) in [6.07, 6.45) is 0.656. The van der Waals surface area contributed by atoms with Crippen LogP contribution in [0.25, 0.3) is 0 Å². The first-order chi connectivity index (χ1) is 11.8. The van der Waals surface area contributed by atoms with Crippen molar-refractivity contribution in [3.8, 4) is 5.75 Å². The molecule has 0 aliphatic heterocycles. The van der Waals surface area contributed by atoms with Gasteiger partial charge in [0.15, 0.2) is 0 Å². The van der Waals surface area contributed by atoms with Gasteiger partial charge < -0.3 is 19.9 Å². The summed E-state index contributed by atoms with van der Waals surface area (Å²) in [5, 5.41) is 10.4. The van der Waals surface area contributed by atoms with Crippen LogP contribution in [0, 0.1) is 0 Å². The van der Waals surface area contributed by atoms with Crippen molar-refractivity contribution in [3.63, 3.8) is 0 Å². The highest BCUT2D eigenvalue weighted by molar-refractivity contribution is 8.13. The second-order valence-electron chi connectivity index (χ2n) is 4.89. The largest absolute Gasteiger partial charge is 0.480 e. The Morgan fingerprint density at radius 1 is 1.24 bits per heavy atom. The van der Waals surface area contributed by atoms with Gasteiger partial charge in [-0.1, -0.05) is 19.1 Å². The summed E-state index contributed by atoms with van der Waals surface area (Å²) in [5.74, 6) is -2.59. The predicted molar refractivity (Wildman–Crippen MR) is 90.7 cm³/mol. The first-order valence-corrected chi connectivity index (χ1v) is 8.44. The van der Waals surface area contributed by atoms with Crippen LogP contribution in [-0.4, -0.2) is 46.7 Å². The molecule has 0 fully saturated rings. The van der Waals surface area contributed by atoms with Crippen molar-refractivity contribution in [2.75, 3.05) is 12.4 Å². The molecule has 0 spiro atoms. The average Bonchev–Trinajstić information content (AvgIpc) is 2.56. The molecule has 1 aromatic carbocycles. The lowest BCUT2D eigenvalue weighted by Crippen LogP contribution is -2.41. The van der Waals surface area contributed by atoms with Crippen LogP contribution in [0.1, 0.15) is 30.6 Å². The minimum atomic E-state index is -1.26. The van der Waals surface area contributed by atoms with E-state index in [9.17, 15) is 19.2 Å². The van der Waals surface area contributed by atoms with E-state index in [1.165, 1.54) is 19.1 Å². The number of nitrogens with one attached hydrogen (secondary N) is 1. The topological polar surface area (TPSA) is 119 Å². The molecule has 0 unspecified atom stereocenters. The minimum Gasteiger partial charge on any atom is -0.480 e. The summed E-state index contributed by atoms with van der Waals surface area (Å²) in [5.41, 5.74) is 0.0987. The number of carboxylic acid groups (broad SMARTS) is 1. The third-order valence-electron chi connectivity index (χ3n) is 2.78. The molecule has 1 atom stereocenters. The van der Waals surface area contributed by atoms with Gasteiger partial charge in [-0.05, 0) is 30.3 Å². The quantitative estimate of drug-likeness (QED) is 0.669. The second kappa shape index (κ2) is 10.3. The van der Waals surface area contributed by atoms with Gasteiger partial charge in [0.05, 0.1) is 6.61 Å². The maximum Gasteiger partial charge on any atom is 0.372 e. The van der Waals surface area contributed by atoms with Crippen molar-refractivity contribution in [1.29, 1.82) is 0 Å². The van der Waals surface area contributed by atoms with Gasteiger partial charge in [0.1, 0.15) is 17.4 Å². The average molecular weight is 369 g/mol. The SMILES string of the molecule is CCCOC(=O)c1ccccc1OC(=O)SC[C@H](NC(C)=O)C(=O)O. The number of amides is 1. The molecule has 0 saturated carbocycles. The van der Waals surface area contributed by atoms with E-state index in [4.69, 9.17) is 14.6 Å². The van der Waals surface area contributed by atoms with E-state index in [1.54, 1.807) is 12.1 Å².